The van der Waals surface area contributed by atoms with Gasteiger partial charge in [-0.05, 0) is 30.7 Å². The SMILES string of the molecule is COc1cccc(Oc2nc3c(c(=O)n(CCCO)c(=O)n3C)n2Cc2ccc(Cl)cn2)c1. The number of hydrogen-bond acceptors (Lipinski definition) is 7. The van der Waals surface area contributed by atoms with Crippen LogP contribution in [0.3, 0.4) is 0 Å². The van der Waals surface area contributed by atoms with Gasteiger partial charge in [0.1, 0.15) is 11.5 Å². The molecule has 0 aliphatic rings. The average molecular weight is 472 g/mol. The summed E-state index contributed by atoms with van der Waals surface area (Å²) in [5.41, 5.74) is -0.0715. The second-order valence-electron chi connectivity index (χ2n) is 7.28. The van der Waals surface area contributed by atoms with Crippen LogP contribution in [0, 0.1) is 0 Å². The first-order valence-electron chi connectivity index (χ1n) is 10.2. The van der Waals surface area contributed by atoms with E-state index >= 15 is 0 Å². The summed E-state index contributed by atoms with van der Waals surface area (Å²) >= 11 is 5.96. The van der Waals surface area contributed by atoms with E-state index in [-0.39, 0.29) is 43.3 Å². The molecule has 4 aromatic rings. The van der Waals surface area contributed by atoms with E-state index in [1.54, 1.807) is 48.1 Å². The lowest BCUT2D eigenvalue weighted by Crippen LogP contribution is -2.39. The van der Waals surface area contributed by atoms with Crippen molar-refractivity contribution in [2.75, 3.05) is 13.7 Å². The fourth-order valence-electron chi connectivity index (χ4n) is 3.43. The molecule has 0 saturated carbocycles. The summed E-state index contributed by atoms with van der Waals surface area (Å²) in [6, 6.07) is 10.5. The molecule has 0 aliphatic heterocycles. The highest BCUT2D eigenvalue weighted by atomic mass is 35.5. The van der Waals surface area contributed by atoms with E-state index < -0.39 is 11.2 Å². The van der Waals surface area contributed by atoms with Gasteiger partial charge in [-0.2, -0.15) is 4.98 Å². The predicted molar refractivity (Wildman–Crippen MR) is 122 cm³/mol. The molecule has 4 rings (SSSR count). The van der Waals surface area contributed by atoms with Crippen LogP contribution in [0.25, 0.3) is 11.2 Å². The van der Waals surface area contributed by atoms with Gasteiger partial charge in [-0.1, -0.05) is 17.7 Å². The van der Waals surface area contributed by atoms with Crippen LogP contribution < -0.4 is 20.7 Å². The highest BCUT2D eigenvalue weighted by molar-refractivity contribution is 6.30. The van der Waals surface area contributed by atoms with E-state index in [9.17, 15) is 14.7 Å². The molecule has 33 heavy (non-hydrogen) atoms. The molecule has 0 unspecified atom stereocenters. The molecule has 0 aliphatic carbocycles. The zero-order chi connectivity index (χ0) is 23.5. The van der Waals surface area contributed by atoms with Gasteiger partial charge in [0.25, 0.3) is 5.56 Å². The second kappa shape index (κ2) is 9.47. The van der Waals surface area contributed by atoms with Crippen molar-refractivity contribution < 1.29 is 14.6 Å². The fraction of sp³-hybridized carbons (Fsp3) is 0.273. The Kier molecular flexibility index (Phi) is 6.47. The number of aromatic nitrogens is 5. The number of methoxy groups -OCH3 is 1. The molecule has 10 nitrogen and oxygen atoms in total. The van der Waals surface area contributed by atoms with Crippen molar-refractivity contribution in [1.29, 1.82) is 0 Å². The van der Waals surface area contributed by atoms with E-state index in [0.717, 1.165) is 4.57 Å². The highest BCUT2D eigenvalue weighted by Crippen LogP contribution is 2.27. The Labute approximate surface area is 193 Å². The third-order valence-corrected chi connectivity index (χ3v) is 5.32. The quantitative estimate of drug-likeness (QED) is 0.419. The number of hydrogen-bond donors (Lipinski definition) is 1. The van der Waals surface area contributed by atoms with Crippen molar-refractivity contribution >= 4 is 22.8 Å². The Morgan fingerprint density at radius 3 is 2.61 bits per heavy atom. The van der Waals surface area contributed by atoms with Gasteiger partial charge in [0.05, 0.1) is 24.4 Å². The Morgan fingerprint density at radius 2 is 1.91 bits per heavy atom. The van der Waals surface area contributed by atoms with Gasteiger partial charge in [0.2, 0.25) is 0 Å². The Morgan fingerprint density at radius 1 is 1.12 bits per heavy atom. The maximum atomic E-state index is 13.3. The fourth-order valence-corrected chi connectivity index (χ4v) is 3.55. The number of rotatable bonds is 8. The third kappa shape index (κ3) is 4.48. The van der Waals surface area contributed by atoms with Gasteiger partial charge in [-0.3, -0.25) is 23.5 Å². The van der Waals surface area contributed by atoms with E-state index in [0.29, 0.717) is 22.2 Å². The molecule has 3 aromatic heterocycles. The van der Waals surface area contributed by atoms with Gasteiger partial charge in [-0.25, -0.2) is 4.79 Å². The maximum absolute atomic E-state index is 13.3. The minimum absolute atomic E-state index is 0.0778. The number of halogens is 1. The Balaban J connectivity index is 1.92. The van der Waals surface area contributed by atoms with Crippen LogP contribution in [0.15, 0.2) is 52.2 Å². The number of ether oxygens (including phenoxy) is 2. The van der Waals surface area contributed by atoms with Crippen molar-refractivity contribution in [3.8, 4) is 17.5 Å². The number of aliphatic hydroxyl groups is 1. The van der Waals surface area contributed by atoms with Crippen molar-refractivity contribution in [3.63, 3.8) is 0 Å². The second-order valence-corrected chi connectivity index (χ2v) is 7.71. The number of aryl methyl sites for hydroxylation is 1. The summed E-state index contributed by atoms with van der Waals surface area (Å²) in [5, 5.41) is 9.67. The summed E-state index contributed by atoms with van der Waals surface area (Å²) in [6.45, 7) is 0.0839. The number of benzene rings is 1. The van der Waals surface area contributed by atoms with E-state index in [1.807, 2.05) is 0 Å². The summed E-state index contributed by atoms with van der Waals surface area (Å²) in [7, 11) is 3.08. The summed E-state index contributed by atoms with van der Waals surface area (Å²) < 4.78 is 15.2. The standard InChI is InChI=1S/C22H22ClN5O5/c1-26-19-18(20(30)27(22(26)31)9-4-10-29)28(13-15-8-7-14(23)12-24-15)21(25-19)33-17-6-3-5-16(11-17)32-2/h3,5-8,11-12,29H,4,9-10,13H2,1-2H3. The summed E-state index contributed by atoms with van der Waals surface area (Å²) in [6.07, 6.45) is 1.77. The van der Waals surface area contributed by atoms with Crippen molar-refractivity contribution in [1.82, 2.24) is 23.7 Å². The minimum atomic E-state index is -0.525. The first kappa shape index (κ1) is 22.6. The molecule has 1 N–H and O–H groups in total. The lowest BCUT2D eigenvalue weighted by Gasteiger charge is -2.11. The lowest BCUT2D eigenvalue weighted by molar-refractivity contribution is 0.277. The topological polar surface area (TPSA) is 113 Å². The molecule has 0 atom stereocenters. The van der Waals surface area contributed by atoms with Gasteiger partial charge in [-0.15, -0.1) is 0 Å². The minimum Gasteiger partial charge on any atom is -0.497 e. The molecular formula is C22H22ClN5O5. The Hall–Kier alpha value is -3.63. The molecule has 3 heterocycles. The predicted octanol–water partition coefficient (Wildman–Crippen LogP) is 2.18. The summed E-state index contributed by atoms with van der Waals surface area (Å²) in [5.74, 6) is 1.04. The molecule has 0 fully saturated rings. The van der Waals surface area contributed by atoms with E-state index in [2.05, 4.69) is 9.97 Å². The normalized spacial score (nSPS) is 11.2. The van der Waals surface area contributed by atoms with Crippen LogP contribution in [0.5, 0.6) is 17.5 Å². The van der Waals surface area contributed by atoms with Crippen LogP contribution in [0.1, 0.15) is 12.1 Å². The number of imidazole rings is 1. The van der Waals surface area contributed by atoms with Crippen LogP contribution in [-0.4, -0.2) is 42.5 Å². The van der Waals surface area contributed by atoms with Crippen LogP contribution in [-0.2, 0) is 20.1 Å². The summed E-state index contributed by atoms with van der Waals surface area (Å²) in [4.78, 5) is 34.9. The van der Waals surface area contributed by atoms with Gasteiger partial charge in [0.15, 0.2) is 11.2 Å². The van der Waals surface area contributed by atoms with Crippen LogP contribution in [0.2, 0.25) is 5.02 Å². The molecular weight excluding hydrogens is 450 g/mol. The Bertz CT molecular complexity index is 1410. The molecule has 1 aromatic carbocycles. The van der Waals surface area contributed by atoms with E-state index in [4.69, 9.17) is 21.1 Å². The van der Waals surface area contributed by atoms with Gasteiger partial charge < -0.3 is 14.6 Å². The third-order valence-electron chi connectivity index (χ3n) is 5.10. The van der Waals surface area contributed by atoms with Gasteiger partial charge in [0, 0.05) is 32.5 Å². The molecule has 0 spiro atoms. The van der Waals surface area contributed by atoms with Crippen molar-refractivity contribution in [2.24, 2.45) is 7.05 Å². The first-order chi connectivity index (χ1) is 15.9. The molecule has 0 saturated heterocycles. The molecule has 0 bridgehead atoms. The number of aliphatic hydroxyl groups excluding tert-OH is 1. The first-order valence-corrected chi connectivity index (χ1v) is 10.5. The molecule has 11 heteroatoms. The van der Waals surface area contributed by atoms with E-state index in [1.165, 1.54) is 17.8 Å². The maximum Gasteiger partial charge on any atom is 0.332 e. The lowest BCUT2D eigenvalue weighted by atomic mass is 10.3. The van der Waals surface area contributed by atoms with Crippen molar-refractivity contribution in [2.45, 2.75) is 19.5 Å². The van der Waals surface area contributed by atoms with Crippen LogP contribution in [0.4, 0.5) is 0 Å². The zero-order valence-corrected chi connectivity index (χ0v) is 18.8. The zero-order valence-electron chi connectivity index (χ0n) is 18.1. The largest absolute Gasteiger partial charge is 0.497 e. The van der Waals surface area contributed by atoms with Crippen LogP contribution >= 0.6 is 11.6 Å². The molecule has 0 radical (unpaired) electrons. The molecule has 0 amide bonds. The van der Waals surface area contributed by atoms with Gasteiger partial charge >= 0.3 is 11.7 Å². The number of fused-ring (bicyclic) bond motifs is 1. The number of nitrogens with zero attached hydrogens (tertiary/aromatic N) is 5. The van der Waals surface area contributed by atoms with Crippen molar-refractivity contribution in [3.05, 3.63) is 74.1 Å². The monoisotopic (exact) mass is 471 g/mol. The average Bonchev–Trinajstić information content (AvgIpc) is 3.17. The highest BCUT2D eigenvalue weighted by Gasteiger charge is 2.22. The number of pyridine rings is 1. The smallest absolute Gasteiger partial charge is 0.332 e. The molecule has 172 valence electrons.